The summed E-state index contributed by atoms with van der Waals surface area (Å²) in [6, 6.07) is 11.5. The van der Waals surface area contributed by atoms with E-state index in [1.165, 1.54) is 0 Å². The van der Waals surface area contributed by atoms with Crippen molar-refractivity contribution < 1.29 is 19.1 Å². The summed E-state index contributed by atoms with van der Waals surface area (Å²) >= 11 is 0. The number of nitrogens with zero attached hydrogens (tertiary/aromatic N) is 9. The second-order valence-electron chi connectivity index (χ2n) is 15.2. The summed E-state index contributed by atoms with van der Waals surface area (Å²) in [5, 5.41) is 15.1. The third-order valence-corrected chi connectivity index (χ3v) is 10.8. The van der Waals surface area contributed by atoms with Gasteiger partial charge in [0.05, 0.1) is 48.3 Å². The van der Waals surface area contributed by atoms with Crippen LogP contribution in [-0.4, -0.2) is 95.3 Å². The molecule has 0 saturated carbocycles. The fraction of sp³-hybridized carbons (Fsp3) is 0.409. The van der Waals surface area contributed by atoms with Crippen molar-refractivity contribution >= 4 is 51.5 Å². The van der Waals surface area contributed by atoms with E-state index < -0.39 is 0 Å². The van der Waals surface area contributed by atoms with Crippen LogP contribution in [0.4, 0.5) is 11.9 Å². The first-order valence-corrected chi connectivity index (χ1v) is 20.7. The molecule has 16 nitrogen and oxygen atoms in total. The molecule has 1 aliphatic heterocycles. The molecule has 1 fully saturated rings. The van der Waals surface area contributed by atoms with E-state index in [-0.39, 0.29) is 11.8 Å². The number of methoxy groups -OCH3 is 1. The molecule has 4 N–H and O–H groups in total. The van der Waals surface area contributed by atoms with Crippen LogP contribution in [0.15, 0.2) is 55.1 Å². The standard InChI is InChI=1S/C44H56N12O4/c1-8-55-36(24-29(4)50-55)41(57)48-43-47-35-27-33(31(6)45)26-32(14-10-11-15-52-18-20-60-21-19-52)39(35)53(43)16-12-13-17-54-40-34(22-28(3)23-38(40)59-7)46-44(54)49-42(58)37-25-30(5)51-56(37)9-2/h12-13,22-27H,6,8-11,14-21,45H2,1-5,7H3,(H,46,49,58)(H,47,48,57)/b13-12+. The van der Waals surface area contributed by atoms with Gasteiger partial charge in [0.1, 0.15) is 22.7 Å². The molecule has 1 aliphatic rings. The number of benzene rings is 2. The highest BCUT2D eigenvalue weighted by molar-refractivity contribution is 6.04. The van der Waals surface area contributed by atoms with Gasteiger partial charge in [0.25, 0.3) is 11.8 Å². The summed E-state index contributed by atoms with van der Waals surface area (Å²) in [5.41, 5.74) is 15.0. The van der Waals surface area contributed by atoms with Crippen molar-refractivity contribution in [2.75, 3.05) is 50.6 Å². The first kappa shape index (κ1) is 41.9. The van der Waals surface area contributed by atoms with E-state index in [2.05, 4.69) is 38.4 Å². The summed E-state index contributed by atoms with van der Waals surface area (Å²) in [6.45, 7) is 19.9. The largest absolute Gasteiger partial charge is 0.494 e. The van der Waals surface area contributed by atoms with E-state index in [4.69, 9.17) is 25.2 Å². The molecular weight excluding hydrogens is 761 g/mol. The number of hydrogen-bond acceptors (Lipinski definition) is 10. The average Bonchev–Trinajstić information content (AvgIpc) is 4.00. The van der Waals surface area contributed by atoms with Crippen LogP contribution in [0.3, 0.4) is 0 Å². The number of carbonyl (C=O) groups is 2. The number of allylic oxidation sites excluding steroid dienone is 2. The highest BCUT2D eigenvalue weighted by Crippen LogP contribution is 2.32. The molecule has 60 heavy (non-hydrogen) atoms. The molecule has 6 aromatic rings. The third-order valence-electron chi connectivity index (χ3n) is 10.8. The molecule has 0 unspecified atom stereocenters. The molecule has 2 amide bonds. The smallest absolute Gasteiger partial charge is 0.276 e. The molecule has 1 saturated heterocycles. The monoisotopic (exact) mass is 816 g/mol. The highest BCUT2D eigenvalue weighted by Gasteiger charge is 2.22. The summed E-state index contributed by atoms with van der Waals surface area (Å²) in [4.78, 5) is 39.8. The zero-order valence-corrected chi connectivity index (χ0v) is 35.5. The number of amides is 2. The average molecular weight is 817 g/mol. The Bertz CT molecular complexity index is 2570. The lowest BCUT2D eigenvalue weighted by Gasteiger charge is -2.26. The molecule has 0 aliphatic carbocycles. The van der Waals surface area contributed by atoms with Crippen molar-refractivity contribution in [3.63, 3.8) is 0 Å². The summed E-state index contributed by atoms with van der Waals surface area (Å²) in [5.74, 6) is 0.805. The minimum absolute atomic E-state index is 0.305. The van der Waals surface area contributed by atoms with Crippen molar-refractivity contribution in [2.24, 2.45) is 5.73 Å². The Morgan fingerprint density at radius 2 is 1.38 bits per heavy atom. The number of nitrogens with two attached hydrogens (primary N) is 1. The van der Waals surface area contributed by atoms with Crippen LogP contribution < -0.4 is 21.1 Å². The quantitative estimate of drug-likeness (QED) is 0.0721. The van der Waals surface area contributed by atoms with Crippen LogP contribution in [-0.2, 0) is 37.3 Å². The van der Waals surface area contributed by atoms with Crippen LogP contribution >= 0.6 is 0 Å². The number of aromatic nitrogens is 8. The summed E-state index contributed by atoms with van der Waals surface area (Å²) < 4.78 is 18.7. The van der Waals surface area contributed by atoms with Crippen molar-refractivity contribution in [3.05, 3.63) is 94.6 Å². The summed E-state index contributed by atoms with van der Waals surface area (Å²) in [7, 11) is 1.63. The Labute approximate surface area is 350 Å². The van der Waals surface area contributed by atoms with Crippen LogP contribution in [0.2, 0.25) is 0 Å². The molecule has 2 aromatic carbocycles. The van der Waals surface area contributed by atoms with Gasteiger partial charge in [-0.25, -0.2) is 9.97 Å². The van der Waals surface area contributed by atoms with Gasteiger partial charge in [0.15, 0.2) is 0 Å². The topological polar surface area (TPSA) is 177 Å². The third kappa shape index (κ3) is 8.99. The van der Waals surface area contributed by atoms with E-state index >= 15 is 0 Å². The van der Waals surface area contributed by atoms with Gasteiger partial charge < -0.3 is 24.3 Å². The minimum Gasteiger partial charge on any atom is -0.494 e. The number of rotatable bonds is 17. The zero-order valence-electron chi connectivity index (χ0n) is 35.5. The Balaban J connectivity index is 1.23. The van der Waals surface area contributed by atoms with Gasteiger partial charge in [-0.15, -0.1) is 0 Å². The molecule has 0 atom stereocenters. The number of morpholine rings is 1. The van der Waals surface area contributed by atoms with E-state index in [9.17, 15) is 9.59 Å². The highest BCUT2D eigenvalue weighted by atomic mass is 16.5. The molecular formula is C44H56N12O4. The normalized spacial score (nSPS) is 13.5. The Hall–Kier alpha value is -6.26. The number of unbranched alkanes of at least 4 members (excludes halogenated alkanes) is 1. The first-order valence-electron chi connectivity index (χ1n) is 20.7. The van der Waals surface area contributed by atoms with Crippen LogP contribution in [0, 0.1) is 20.8 Å². The first-order chi connectivity index (χ1) is 29.0. The predicted octanol–water partition coefficient (Wildman–Crippen LogP) is 6.10. The van der Waals surface area contributed by atoms with Crippen LogP contribution in [0.1, 0.15) is 75.7 Å². The molecule has 5 heterocycles. The van der Waals surface area contributed by atoms with Crippen LogP contribution in [0.5, 0.6) is 5.75 Å². The molecule has 0 spiro atoms. The number of hydrogen-bond donors (Lipinski definition) is 3. The maximum Gasteiger partial charge on any atom is 0.276 e. The van der Waals surface area contributed by atoms with Gasteiger partial charge in [-0.3, -0.25) is 34.5 Å². The van der Waals surface area contributed by atoms with Gasteiger partial charge in [0.2, 0.25) is 11.9 Å². The van der Waals surface area contributed by atoms with Crippen molar-refractivity contribution in [1.82, 2.24) is 43.6 Å². The fourth-order valence-corrected chi connectivity index (χ4v) is 7.90. The van der Waals surface area contributed by atoms with E-state index in [1.807, 2.05) is 74.1 Å². The SMILES string of the molecule is C=C(N)c1cc(CCCCN2CCOCC2)c2c(c1)nc(NC(=O)c1cc(C)nn1CC)n2C/C=C/Cn1c(NC(=O)c2cc(C)nn2CC)nc2cc(C)cc(OC)c21. The lowest BCUT2D eigenvalue weighted by Crippen LogP contribution is -2.36. The van der Waals surface area contributed by atoms with Crippen molar-refractivity contribution in [1.29, 1.82) is 0 Å². The molecule has 316 valence electrons. The number of ether oxygens (including phenoxy) is 2. The number of carbonyl (C=O) groups excluding carboxylic acids is 2. The lowest BCUT2D eigenvalue weighted by molar-refractivity contribution is 0.0372. The maximum absolute atomic E-state index is 13.9. The van der Waals surface area contributed by atoms with Gasteiger partial charge in [-0.05, 0) is 114 Å². The second-order valence-corrected chi connectivity index (χ2v) is 15.2. The van der Waals surface area contributed by atoms with Crippen molar-refractivity contribution in [2.45, 2.75) is 80.1 Å². The van der Waals surface area contributed by atoms with E-state index in [0.29, 0.717) is 71.9 Å². The minimum atomic E-state index is -0.310. The Morgan fingerprint density at radius 1 is 0.817 bits per heavy atom. The van der Waals surface area contributed by atoms with Gasteiger partial charge in [-0.1, -0.05) is 18.7 Å². The van der Waals surface area contributed by atoms with Crippen LogP contribution in [0.25, 0.3) is 27.8 Å². The molecule has 0 bridgehead atoms. The van der Waals surface area contributed by atoms with Crippen molar-refractivity contribution in [3.8, 4) is 5.75 Å². The zero-order chi connectivity index (χ0) is 42.5. The number of nitrogens with one attached hydrogen (secondary N) is 2. The second kappa shape index (κ2) is 18.3. The Morgan fingerprint density at radius 3 is 1.93 bits per heavy atom. The van der Waals surface area contributed by atoms with Gasteiger partial charge in [-0.2, -0.15) is 10.2 Å². The molecule has 4 aromatic heterocycles. The number of anilines is 2. The fourth-order valence-electron chi connectivity index (χ4n) is 7.90. The van der Waals surface area contributed by atoms with Gasteiger partial charge >= 0.3 is 0 Å². The van der Waals surface area contributed by atoms with E-state index in [1.54, 1.807) is 28.6 Å². The number of fused-ring (bicyclic) bond motifs is 2. The summed E-state index contributed by atoms with van der Waals surface area (Å²) in [6.07, 6.45) is 6.80. The maximum atomic E-state index is 13.9. The molecule has 0 radical (unpaired) electrons. The predicted molar refractivity (Wildman–Crippen MR) is 234 cm³/mol. The number of imidazole rings is 2. The van der Waals surface area contributed by atoms with E-state index in [0.717, 1.165) is 91.2 Å². The molecule has 16 heteroatoms. The Kier molecular flexibility index (Phi) is 12.8. The lowest BCUT2D eigenvalue weighted by atomic mass is 10.0. The molecule has 7 rings (SSSR count). The van der Waals surface area contributed by atoms with Gasteiger partial charge in [0, 0.05) is 45.0 Å². The number of aryl methyl sites for hydroxylation is 6.